The van der Waals surface area contributed by atoms with Crippen molar-refractivity contribution in [3.63, 3.8) is 0 Å². The first-order chi connectivity index (χ1) is 8.74. The summed E-state index contributed by atoms with van der Waals surface area (Å²) < 4.78 is 1.43. The molecule has 2 heterocycles. The van der Waals surface area contributed by atoms with E-state index in [-0.39, 0.29) is 18.3 Å². The lowest BCUT2D eigenvalue weighted by Gasteiger charge is -2.35. The number of piperidine rings is 1. The maximum Gasteiger partial charge on any atom is 0.252 e. The van der Waals surface area contributed by atoms with E-state index in [1.54, 1.807) is 0 Å². The van der Waals surface area contributed by atoms with Crippen molar-refractivity contribution in [1.29, 1.82) is 5.26 Å². The minimum Gasteiger partial charge on any atom is -0.338 e. The maximum atomic E-state index is 12.2. The smallest absolute Gasteiger partial charge is 0.252 e. The predicted molar refractivity (Wildman–Crippen MR) is 64.4 cm³/mol. The fourth-order valence-electron chi connectivity index (χ4n) is 2.40. The largest absolute Gasteiger partial charge is 0.338 e. The molecule has 0 aromatic carbocycles. The normalized spacial score (nSPS) is 19.6. The van der Waals surface area contributed by atoms with Crippen LogP contribution in [0.5, 0.6) is 0 Å². The van der Waals surface area contributed by atoms with Crippen LogP contribution in [0.2, 0.25) is 0 Å². The third-order valence-corrected chi connectivity index (χ3v) is 3.35. The Morgan fingerprint density at radius 1 is 1.61 bits per heavy atom. The summed E-state index contributed by atoms with van der Waals surface area (Å²) in [4.78, 5) is 17.9. The summed E-state index contributed by atoms with van der Waals surface area (Å²) >= 11 is 0. The number of aromatic nitrogens is 3. The highest BCUT2D eigenvalue weighted by atomic mass is 16.2. The van der Waals surface area contributed by atoms with Gasteiger partial charge in [-0.05, 0) is 25.7 Å². The van der Waals surface area contributed by atoms with Gasteiger partial charge in [0.15, 0.2) is 0 Å². The molecule has 2 rings (SSSR count). The molecule has 96 valence electrons. The second-order valence-corrected chi connectivity index (χ2v) is 4.52. The summed E-state index contributed by atoms with van der Waals surface area (Å²) in [6.45, 7) is 3.11. The van der Waals surface area contributed by atoms with Crippen LogP contribution in [-0.2, 0) is 11.3 Å². The van der Waals surface area contributed by atoms with Gasteiger partial charge in [0.2, 0.25) is 5.91 Å². The van der Waals surface area contributed by atoms with Crippen LogP contribution < -0.4 is 0 Å². The molecule has 0 radical (unpaired) electrons. The van der Waals surface area contributed by atoms with Crippen molar-refractivity contribution in [1.82, 2.24) is 19.7 Å². The van der Waals surface area contributed by atoms with Crippen molar-refractivity contribution in [2.24, 2.45) is 0 Å². The third kappa shape index (κ3) is 2.67. The number of carbonyl (C=O) groups is 1. The predicted octanol–water partition coefficient (Wildman–Crippen LogP) is 0.941. The Labute approximate surface area is 106 Å². The summed E-state index contributed by atoms with van der Waals surface area (Å²) in [7, 11) is 0. The zero-order chi connectivity index (χ0) is 13.0. The number of carbonyl (C=O) groups excluding carboxylic acids is 1. The Kier molecular flexibility index (Phi) is 3.92. The molecule has 6 heteroatoms. The van der Waals surface area contributed by atoms with Crippen LogP contribution in [-0.4, -0.2) is 38.2 Å². The molecule has 0 spiro atoms. The molecule has 0 saturated carbocycles. The van der Waals surface area contributed by atoms with Crippen LogP contribution in [0.3, 0.4) is 0 Å². The van der Waals surface area contributed by atoms with E-state index in [1.165, 1.54) is 17.4 Å². The highest BCUT2D eigenvalue weighted by Gasteiger charge is 2.25. The third-order valence-electron chi connectivity index (χ3n) is 3.35. The van der Waals surface area contributed by atoms with Crippen molar-refractivity contribution in [3.8, 4) is 6.07 Å². The Morgan fingerprint density at radius 2 is 2.44 bits per heavy atom. The van der Waals surface area contributed by atoms with E-state index < -0.39 is 0 Å². The second kappa shape index (κ2) is 5.63. The number of likely N-dealkylation sites (tertiary alicyclic amines) is 1. The van der Waals surface area contributed by atoms with Crippen molar-refractivity contribution in [2.75, 3.05) is 6.54 Å². The topological polar surface area (TPSA) is 74.8 Å². The molecule has 0 unspecified atom stereocenters. The molecular formula is C12H17N5O. The Balaban J connectivity index is 2.00. The molecule has 0 bridgehead atoms. The lowest BCUT2D eigenvalue weighted by atomic mass is 10.00. The summed E-state index contributed by atoms with van der Waals surface area (Å²) in [6.07, 6.45) is 5.78. The summed E-state index contributed by atoms with van der Waals surface area (Å²) in [5.74, 6) is 0.171. The fourth-order valence-corrected chi connectivity index (χ4v) is 2.40. The van der Waals surface area contributed by atoms with Crippen LogP contribution in [0.25, 0.3) is 0 Å². The summed E-state index contributed by atoms with van der Waals surface area (Å²) in [5, 5.41) is 12.5. The molecule has 1 aliphatic heterocycles. The first-order valence-corrected chi connectivity index (χ1v) is 6.33. The van der Waals surface area contributed by atoms with Crippen molar-refractivity contribution in [3.05, 3.63) is 12.2 Å². The van der Waals surface area contributed by atoms with Gasteiger partial charge in [0.1, 0.15) is 18.9 Å². The summed E-state index contributed by atoms with van der Waals surface area (Å²) in [6, 6.07) is 2.20. The number of hydrogen-bond acceptors (Lipinski definition) is 4. The lowest BCUT2D eigenvalue weighted by molar-refractivity contribution is -0.135. The highest BCUT2D eigenvalue weighted by Crippen LogP contribution is 2.19. The Morgan fingerprint density at radius 3 is 3.11 bits per heavy atom. The van der Waals surface area contributed by atoms with E-state index in [1.807, 2.05) is 11.0 Å². The van der Waals surface area contributed by atoms with Gasteiger partial charge in [-0.25, -0.2) is 9.67 Å². The molecule has 1 aromatic rings. The zero-order valence-electron chi connectivity index (χ0n) is 10.5. The minimum absolute atomic E-state index is 0.0657. The van der Waals surface area contributed by atoms with Crippen LogP contribution >= 0.6 is 0 Å². The van der Waals surface area contributed by atoms with Gasteiger partial charge >= 0.3 is 0 Å². The quantitative estimate of drug-likeness (QED) is 0.796. The maximum absolute atomic E-state index is 12.2. The molecule has 1 amide bonds. The van der Waals surface area contributed by atoms with Gasteiger partial charge in [-0.1, -0.05) is 6.92 Å². The van der Waals surface area contributed by atoms with Gasteiger partial charge in [-0.15, -0.1) is 5.10 Å². The first-order valence-electron chi connectivity index (χ1n) is 6.33. The Bertz CT molecular complexity index is 461. The molecule has 1 aromatic heterocycles. The zero-order valence-corrected chi connectivity index (χ0v) is 10.5. The molecule has 6 nitrogen and oxygen atoms in total. The van der Waals surface area contributed by atoms with E-state index in [0.717, 1.165) is 25.8 Å². The van der Waals surface area contributed by atoms with Crippen molar-refractivity contribution in [2.45, 2.75) is 45.2 Å². The minimum atomic E-state index is 0.0657. The molecule has 0 aliphatic carbocycles. The monoisotopic (exact) mass is 247 g/mol. The number of amides is 1. The molecule has 1 atom stereocenters. The molecule has 1 fully saturated rings. The van der Waals surface area contributed by atoms with Crippen LogP contribution in [0.4, 0.5) is 0 Å². The number of nitriles is 1. The van der Waals surface area contributed by atoms with E-state index in [0.29, 0.717) is 6.04 Å². The van der Waals surface area contributed by atoms with Crippen molar-refractivity contribution < 1.29 is 4.79 Å². The Hall–Kier alpha value is -1.90. The van der Waals surface area contributed by atoms with E-state index in [2.05, 4.69) is 17.0 Å². The second-order valence-electron chi connectivity index (χ2n) is 4.52. The SMILES string of the molecule is CC[C@H]1CCCCN1C(=O)Cn1cnc(C#N)n1. The van der Waals surface area contributed by atoms with Gasteiger partial charge in [-0.3, -0.25) is 4.79 Å². The average Bonchev–Trinajstić information content (AvgIpc) is 2.86. The summed E-state index contributed by atoms with van der Waals surface area (Å²) in [5.41, 5.74) is 0. The first kappa shape index (κ1) is 12.6. The molecule has 1 aliphatic rings. The number of rotatable bonds is 3. The van der Waals surface area contributed by atoms with E-state index >= 15 is 0 Å². The van der Waals surface area contributed by atoms with Crippen LogP contribution in [0, 0.1) is 11.3 Å². The van der Waals surface area contributed by atoms with Gasteiger partial charge < -0.3 is 4.90 Å². The highest BCUT2D eigenvalue weighted by molar-refractivity contribution is 5.76. The van der Waals surface area contributed by atoms with E-state index in [4.69, 9.17) is 5.26 Å². The average molecular weight is 247 g/mol. The molecular weight excluding hydrogens is 230 g/mol. The standard InChI is InChI=1S/C12H17N5O/c1-2-10-5-3-4-6-17(10)12(18)8-16-9-14-11(7-13)15-16/h9-10H,2-6,8H2,1H3/t10-/m0/s1. The van der Waals surface area contributed by atoms with Crippen LogP contribution in [0.15, 0.2) is 6.33 Å². The van der Waals surface area contributed by atoms with Gasteiger partial charge in [-0.2, -0.15) is 5.26 Å². The van der Waals surface area contributed by atoms with Gasteiger partial charge in [0.05, 0.1) is 0 Å². The molecule has 0 N–H and O–H groups in total. The number of hydrogen-bond donors (Lipinski definition) is 0. The van der Waals surface area contributed by atoms with Gasteiger partial charge in [0, 0.05) is 12.6 Å². The fraction of sp³-hybridized carbons (Fsp3) is 0.667. The van der Waals surface area contributed by atoms with Crippen molar-refractivity contribution >= 4 is 5.91 Å². The molecule has 1 saturated heterocycles. The molecule has 18 heavy (non-hydrogen) atoms. The van der Waals surface area contributed by atoms with E-state index in [9.17, 15) is 4.79 Å². The lowest BCUT2D eigenvalue weighted by Crippen LogP contribution is -2.44. The van der Waals surface area contributed by atoms with Crippen LogP contribution in [0.1, 0.15) is 38.4 Å². The number of nitrogens with zero attached hydrogens (tertiary/aromatic N) is 5. The van der Waals surface area contributed by atoms with Gasteiger partial charge in [0.25, 0.3) is 5.82 Å².